The molecule has 8 heteroatoms. The molecule has 0 bridgehead atoms. The van der Waals surface area contributed by atoms with Gasteiger partial charge in [-0.15, -0.1) is 0 Å². The SMILES string of the molecule is CC[C@H]1CCCCN1c1ccc(S(=O)(=O)N2CCCC2)cc1[N+](=O)[O-]. The Morgan fingerprint density at radius 3 is 2.48 bits per heavy atom. The van der Waals surface area contributed by atoms with Gasteiger partial charge in [-0.25, -0.2) is 8.42 Å². The van der Waals surface area contributed by atoms with E-state index in [1.807, 2.05) is 0 Å². The van der Waals surface area contributed by atoms with Crippen molar-refractivity contribution < 1.29 is 13.3 Å². The van der Waals surface area contributed by atoms with Gasteiger partial charge in [0.15, 0.2) is 0 Å². The number of nitrogens with zero attached hydrogens (tertiary/aromatic N) is 3. The highest BCUT2D eigenvalue weighted by atomic mass is 32.2. The molecule has 7 nitrogen and oxygen atoms in total. The fraction of sp³-hybridized carbons (Fsp3) is 0.647. The maximum Gasteiger partial charge on any atom is 0.293 e. The summed E-state index contributed by atoms with van der Waals surface area (Å²) in [6, 6.07) is 4.66. The number of rotatable bonds is 5. The molecule has 0 saturated carbocycles. The quantitative estimate of drug-likeness (QED) is 0.590. The third-order valence-electron chi connectivity index (χ3n) is 5.25. The smallest absolute Gasteiger partial charge is 0.293 e. The summed E-state index contributed by atoms with van der Waals surface area (Å²) in [5.41, 5.74) is 0.428. The van der Waals surface area contributed by atoms with Gasteiger partial charge in [0.2, 0.25) is 10.0 Å². The van der Waals surface area contributed by atoms with E-state index in [1.165, 1.54) is 16.4 Å². The van der Waals surface area contributed by atoms with Crippen molar-refractivity contribution in [2.45, 2.75) is 56.4 Å². The van der Waals surface area contributed by atoms with Gasteiger partial charge in [0.1, 0.15) is 5.69 Å². The van der Waals surface area contributed by atoms with Gasteiger partial charge in [-0.2, -0.15) is 4.31 Å². The summed E-state index contributed by atoms with van der Waals surface area (Å²) in [6.45, 7) is 3.84. The normalized spacial score (nSPS) is 22.3. The predicted octanol–water partition coefficient (Wildman–Crippen LogP) is 3.15. The molecule has 2 aliphatic heterocycles. The highest BCUT2D eigenvalue weighted by Crippen LogP contribution is 2.36. The van der Waals surface area contributed by atoms with Crippen LogP contribution in [0.1, 0.15) is 45.4 Å². The molecule has 2 heterocycles. The van der Waals surface area contributed by atoms with Gasteiger partial charge in [-0.05, 0) is 50.7 Å². The summed E-state index contributed by atoms with van der Waals surface area (Å²) in [5.74, 6) is 0. The van der Waals surface area contributed by atoms with Crippen LogP contribution in [-0.4, -0.2) is 43.3 Å². The lowest BCUT2D eigenvalue weighted by Gasteiger charge is -2.36. The molecule has 2 aliphatic rings. The van der Waals surface area contributed by atoms with Gasteiger partial charge < -0.3 is 4.90 Å². The van der Waals surface area contributed by atoms with E-state index >= 15 is 0 Å². The zero-order valence-corrected chi connectivity index (χ0v) is 15.4. The Hall–Kier alpha value is -1.67. The first-order valence-electron chi connectivity index (χ1n) is 9.00. The number of nitro groups is 1. The second kappa shape index (κ2) is 7.29. The van der Waals surface area contributed by atoms with E-state index in [2.05, 4.69) is 11.8 Å². The fourth-order valence-electron chi connectivity index (χ4n) is 3.87. The molecular weight excluding hydrogens is 342 g/mol. The van der Waals surface area contributed by atoms with E-state index in [1.54, 1.807) is 6.07 Å². The highest BCUT2D eigenvalue weighted by Gasteiger charge is 2.32. The first-order valence-corrected chi connectivity index (χ1v) is 10.4. The van der Waals surface area contributed by atoms with Crippen molar-refractivity contribution in [3.63, 3.8) is 0 Å². The molecule has 1 atom stereocenters. The largest absolute Gasteiger partial charge is 0.363 e. The van der Waals surface area contributed by atoms with Crippen molar-refractivity contribution in [3.05, 3.63) is 28.3 Å². The highest BCUT2D eigenvalue weighted by molar-refractivity contribution is 7.89. The van der Waals surface area contributed by atoms with Crippen LogP contribution in [0.5, 0.6) is 0 Å². The average Bonchev–Trinajstić information content (AvgIpc) is 3.16. The zero-order valence-electron chi connectivity index (χ0n) is 14.6. The van der Waals surface area contributed by atoms with Gasteiger partial charge in [0.05, 0.1) is 9.82 Å². The van der Waals surface area contributed by atoms with Gasteiger partial charge >= 0.3 is 0 Å². The lowest BCUT2D eigenvalue weighted by molar-refractivity contribution is -0.384. The lowest BCUT2D eigenvalue weighted by Crippen LogP contribution is -2.39. The van der Waals surface area contributed by atoms with Crippen molar-refractivity contribution in [3.8, 4) is 0 Å². The van der Waals surface area contributed by atoms with Gasteiger partial charge in [-0.1, -0.05) is 6.92 Å². The van der Waals surface area contributed by atoms with Crippen LogP contribution >= 0.6 is 0 Å². The molecule has 0 N–H and O–H groups in total. The zero-order chi connectivity index (χ0) is 18.0. The van der Waals surface area contributed by atoms with Crippen LogP contribution in [0.15, 0.2) is 23.1 Å². The number of hydrogen-bond acceptors (Lipinski definition) is 5. The number of piperidine rings is 1. The Kier molecular flexibility index (Phi) is 5.29. The molecule has 25 heavy (non-hydrogen) atoms. The van der Waals surface area contributed by atoms with Gasteiger partial charge in [0, 0.05) is 31.7 Å². The summed E-state index contributed by atoms with van der Waals surface area (Å²) in [6.07, 6.45) is 5.74. The van der Waals surface area contributed by atoms with Crippen LogP contribution in [-0.2, 0) is 10.0 Å². The Bertz CT molecular complexity index is 744. The molecule has 2 saturated heterocycles. The minimum Gasteiger partial charge on any atom is -0.363 e. The Morgan fingerprint density at radius 2 is 1.84 bits per heavy atom. The Balaban J connectivity index is 2.00. The molecule has 0 amide bonds. The first kappa shape index (κ1) is 18.1. The van der Waals surface area contributed by atoms with E-state index in [0.29, 0.717) is 18.8 Å². The van der Waals surface area contributed by atoms with E-state index in [-0.39, 0.29) is 16.6 Å². The summed E-state index contributed by atoms with van der Waals surface area (Å²) in [7, 11) is -3.65. The molecule has 0 radical (unpaired) electrons. The first-order chi connectivity index (χ1) is 11.9. The maximum absolute atomic E-state index is 12.7. The number of anilines is 1. The van der Waals surface area contributed by atoms with Gasteiger partial charge in [-0.3, -0.25) is 10.1 Å². The minimum atomic E-state index is -3.65. The van der Waals surface area contributed by atoms with Crippen LogP contribution in [0, 0.1) is 10.1 Å². The Morgan fingerprint density at radius 1 is 1.16 bits per heavy atom. The third-order valence-corrected chi connectivity index (χ3v) is 7.15. The number of benzene rings is 1. The van der Waals surface area contributed by atoms with Crippen LogP contribution in [0.2, 0.25) is 0 Å². The third kappa shape index (κ3) is 3.50. The maximum atomic E-state index is 12.7. The van der Waals surface area contributed by atoms with E-state index < -0.39 is 14.9 Å². The molecule has 0 unspecified atom stereocenters. The molecule has 138 valence electrons. The van der Waals surface area contributed by atoms with Crippen molar-refractivity contribution in [2.75, 3.05) is 24.5 Å². The second-order valence-corrected chi connectivity index (χ2v) is 8.71. The van der Waals surface area contributed by atoms with Gasteiger partial charge in [0.25, 0.3) is 5.69 Å². The van der Waals surface area contributed by atoms with E-state index in [0.717, 1.165) is 45.1 Å². The molecule has 0 aromatic heterocycles. The van der Waals surface area contributed by atoms with Crippen molar-refractivity contribution >= 4 is 21.4 Å². The monoisotopic (exact) mass is 367 g/mol. The van der Waals surface area contributed by atoms with Crippen molar-refractivity contribution in [1.82, 2.24) is 4.31 Å². The standard InChI is InChI=1S/C17H25N3O4S/c1-2-14-7-3-4-12-19(14)16-9-8-15(13-17(16)20(21)22)25(23,24)18-10-5-6-11-18/h8-9,13-14H,2-7,10-12H2,1H3/t14-/m0/s1. The summed E-state index contributed by atoms with van der Waals surface area (Å²) < 4.78 is 26.8. The minimum absolute atomic E-state index is 0.0231. The molecule has 0 aliphatic carbocycles. The number of nitro benzene ring substituents is 1. The summed E-state index contributed by atoms with van der Waals surface area (Å²) in [5, 5.41) is 11.6. The van der Waals surface area contributed by atoms with Crippen LogP contribution in [0.3, 0.4) is 0 Å². The molecule has 0 spiro atoms. The van der Waals surface area contributed by atoms with Crippen LogP contribution in [0.4, 0.5) is 11.4 Å². The van der Waals surface area contributed by atoms with E-state index in [9.17, 15) is 18.5 Å². The van der Waals surface area contributed by atoms with Crippen molar-refractivity contribution in [1.29, 1.82) is 0 Å². The predicted molar refractivity (Wildman–Crippen MR) is 96.4 cm³/mol. The lowest BCUT2D eigenvalue weighted by atomic mass is 9.99. The van der Waals surface area contributed by atoms with Crippen LogP contribution in [0.25, 0.3) is 0 Å². The molecule has 1 aromatic rings. The molecule has 1 aromatic carbocycles. The summed E-state index contributed by atoms with van der Waals surface area (Å²) in [4.78, 5) is 13.3. The Labute approximate surface area is 148 Å². The molecular formula is C17H25N3O4S. The second-order valence-electron chi connectivity index (χ2n) is 6.77. The fourth-order valence-corrected chi connectivity index (χ4v) is 5.41. The molecule has 2 fully saturated rings. The average molecular weight is 367 g/mol. The number of hydrogen-bond donors (Lipinski definition) is 0. The van der Waals surface area contributed by atoms with E-state index in [4.69, 9.17) is 0 Å². The summed E-state index contributed by atoms with van der Waals surface area (Å²) >= 11 is 0. The molecule has 3 rings (SSSR count). The van der Waals surface area contributed by atoms with Crippen molar-refractivity contribution in [2.24, 2.45) is 0 Å². The number of sulfonamides is 1. The van der Waals surface area contributed by atoms with Crippen LogP contribution < -0.4 is 4.90 Å². The topological polar surface area (TPSA) is 83.8 Å².